The molecule has 2 heteroatoms. The van der Waals surface area contributed by atoms with Crippen LogP contribution in [0.1, 0.15) is 58.8 Å². The second-order valence-electron chi connectivity index (χ2n) is 7.26. The van der Waals surface area contributed by atoms with Crippen molar-refractivity contribution in [3.63, 3.8) is 0 Å². The van der Waals surface area contributed by atoms with Crippen molar-refractivity contribution in [1.29, 1.82) is 0 Å². The van der Waals surface area contributed by atoms with Crippen LogP contribution in [0.3, 0.4) is 0 Å². The summed E-state index contributed by atoms with van der Waals surface area (Å²) >= 11 is 0. The Bertz CT molecular complexity index is 262. The fourth-order valence-corrected chi connectivity index (χ4v) is 4.33. The Morgan fingerprint density at radius 1 is 1.11 bits per heavy atom. The zero-order chi connectivity index (χ0) is 13.7. The lowest BCUT2D eigenvalue weighted by atomic mass is 9.45. The van der Waals surface area contributed by atoms with Crippen LogP contribution < -0.4 is 5.32 Å². The Labute approximate surface area is 119 Å². The second kappa shape index (κ2) is 7.08. The zero-order valence-corrected chi connectivity index (χ0v) is 13.2. The third-order valence-corrected chi connectivity index (χ3v) is 5.85. The predicted molar refractivity (Wildman–Crippen MR) is 81.3 cm³/mol. The lowest BCUT2D eigenvalue weighted by Gasteiger charge is -2.60. The van der Waals surface area contributed by atoms with Crippen LogP contribution >= 0.6 is 0 Å². The maximum atomic E-state index is 5.83. The molecule has 0 spiro atoms. The first-order valence-electron chi connectivity index (χ1n) is 8.38. The maximum absolute atomic E-state index is 5.83. The van der Waals surface area contributed by atoms with Gasteiger partial charge in [-0.15, -0.1) is 0 Å². The van der Waals surface area contributed by atoms with Crippen molar-refractivity contribution in [1.82, 2.24) is 5.32 Å². The average Bonchev–Trinajstić information content (AvgIpc) is 2.41. The molecule has 3 atom stereocenters. The summed E-state index contributed by atoms with van der Waals surface area (Å²) in [5.74, 6) is 2.97. The van der Waals surface area contributed by atoms with E-state index in [9.17, 15) is 0 Å². The predicted octanol–water partition coefficient (Wildman–Crippen LogP) is 3.86. The standard InChI is InChI=1S/C17H33NO/c1-17(2)15-8-7-14(16(17)13-15)9-12-19-11-6-4-5-10-18-3/h14-16,18H,4-13H2,1-3H3/t14-,15-,16+/m0/s1. The van der Waals surface area contributed by atoms with Crippen molar-refractivity contribution in [3.05, 3.63) is 0 Å². The average molecular weight is 267 g/mol. The maximum Gasteiger partial charge on any atom is 0.0468 e. The molecule has 0 saturated heterocycles. The van der Waals surface area contributed by atoms with Gasteiger partial charge in [-0.25, -0.2) is 0 Å². The van der Waals surface area contributed by atoms with Crippen LogP contribution in [0.5, 0.6) is 0 Å². The Balaban J connectivity index is 1.50. The molecule has 0 radical (unpaired) electrons. The van der Waals surface area contributed by atoms with E-state index in [1.807, 2.05) is 7.05 Å². The van der Waals surface area contributed by atoms with Crippen molar-refractivity contribution in [2.45, 2.75) is 58.8 Å². The Kier molecular flexibility index (Phi) is 5.70. The van der Waals surface area contributed by atoms with Gasteiger partial charge < -0.3 is 10.1 Å². The molecule has 0 aliphatic heterocycles. The van der Waals surface area contributed by atoms with Crippen molar-refractivity contribution in [2.24, 2.45) is 23.2 Å². The molecule has 3 aliphatic carbocycles. The fourth-order valence-electron chi connectivity index (χ4n) is 4.33. The molecule has 0 aromatic rings. The molecule has 2 bridgehead atoms. The number of ether oxygens (including phenoxy) is 1. The molecule has 19 heavy (non-hydrogen) atoms. The molecule has 0 aromatic heterocycles. The highest BCUT2D eigenvalue weighted by molar-refractivity contribution is 5.03. The zero-order valence-electron chi connectivity index (χ0n) is 13.2. The van der Waals surface area contributed by atoms with Gasteiger partial charge in [-0.3, -0.25) is 0 Å². The van der Waals surface area contributed by atoms with Gasteiger partial charge in [0.2, 0.25) is 0 Å². The van der Waals surface area contributed by atoms with Crippen molar-refractivity contribution in [2.75, 3.05) is 26.8 Å². The molecular formula is C17H33NO. The van der Waals surface area contributed by atoms with Crippen LogP contribution in [0.25, 0.3) is 0 Å². The SMILES string of the molecule is CNCCCCCOCC[C@@H]1CC[C@H]2C[C@H]1C2(C)C. The van der Waals surface area contributed by atoms with Crippen molar-refractivity contribution in [3.8, 4) is 0 Å². The highest BCUT2D eigenvalue weighted by Gasteiger charge is 2.53. The van der Waals surface area contributed by atoms with Crippen LogP contribution in [0.4, 0.5) is 0 Å². The number of unbranched alkanes of at least 4 members (excludes halogenated alkanes) is 2. The van der Waals surface area contributed by atoms with E-state index < -0.39 is 0 Å². The van der Waals surface area contributed by atoms with Crippen LogP contribution in [0.2, 0.25) is 0 Å². The summed E-state index contributed by atoms with van der Waals surface area (Å²) < 4.78 is 5.83. The first-order chi connectivity index (χ1) is 9.16. The van der Waals surface area contributed by atoms with Crippen molar-refractivity contribution >= 4 is 0 Å². The molecule has 0 amide bonds. The first kappa shape index (κ1) is 15.3. The van der Waals surface area contributed by atoms with Gasteiger partial charge in [0.25, 0.3) is 0 Å². The van der Waals surface area contributed by atoms with Crippen LogP contribution in [-0.2, 0) is 4.74 Å². The Morgan fingerprint density at radius 3 is 2.63 bits per heavy atom. The van der Waals surface area contributed by atoms with E-state index in [0.29, 0.717) is 5.41 Å². The summed E-state index contributed by atoms with van der Waals surface area (Å²) in [5, 5.41) is 3.19. The molecule has 1 N–H and O–H groups in total. The number of fused-ring (bicyclic) bond motifs is 2. The fraction of sp³-hybridized carbons (Fsp3) is 1.00. The van der Waals surface area contributed by atoms with Crippen LogP contribution in [-0.4, -0.2) is 26.8 Å². The van der Waals surface area contributed by atoms with E-state index in [-0.39, 0.29) is 0 Å². The van der Waals surface area contributed by atoms with E-state index >= 15 is 0 Å². The molecule has 2 nitrogen and oxygen atoms in total. The molecular weight excluding hydrogens is 234 g/mol. The minimum absolute atomic E-state index is 0.635. The lowest BCUT2D eigenvalue weighted by Crippen LogP contribution is -2.52. The number of nitrogens with one attached hydrogen (secondary N) is 1. The quantitative estimate of drug-likeness (QED) is 0.641. The Hall–Kier alpha value is -0.0800. The molecule has 0 heterocycles. The highest BCUT2D eigenvalue weighted by Crippen LogP contribution is 2.61. The minimum atomic E-state index is 0.635. The number of hydrogen-bond acceptors (Lipinski definition) is 2. The van der Waals surface area contributed by atoms with E-state index in [4.69, 9.17) is 4.74 Å². The normalized spacial score (nSPS) is 32.1. The molecule has 3 rings (SSSR count). The molecule has 112 valence electrons. The highest BCUT2D eigenvalue weighted by atomic mass is 16.5. The largest absolute Gasteiger partial charge is 0.381 e. The first-order valence-corrected chi connectivity index (χ1v) is 8.38. The van der Waals surface area contributed by atoms with Gasteiger partial charge in [-0.1, -0.05) is 13.8 Å². The molecule has 3 fully saturated rings. The minimum Gasteiger partial charge on any atom is -0.381 e. The third-order valence-electron chi connectivity index (χ3n) is 5.85. The molecule has 3 aliphatic rings. The van der Waals surface area contributed by atoms with E-state index in [0.717, 1.165) is 37.5 Å². The van der Waals surface area contributed by atoms with E-state index in [1.165, 1.54) is 44.9 Å². The number of hydrogen-bond donors (Lipinski definition) is 1. The van der Waals surface area contributed by atoms with Gasteiger partial charge in [0.1, 0.15) is 0 Å². The van der Waals surface area contributed by atoms with Gasteiger partial charge in [0, 0.05) is 13.2 Å². The summed E-state index contributed by atoms with van der Waals surface area (Å²) in [4.78, 5) is 0. The molecule has 0 aromatic carbocycles. The van der Waals surface area contributed by atoms with Gasteiger partial charge in [-0.05, 0) is 81.7 Å². The summed E-state index contributed by atoms with van der Waals surface area (Å²) in [7, 11) is 2.02. The monoisotopic (exact) mass is 267 g/mol. The lowest BCUT2D eigenvalue weighted by molar-refractivity contribution is -0.111. The Morgan fingerprint density at radius 2 is 1.95 bits per heavy atom. The third kappa shape index (κ3) is 3.72. The van der Waals surface area contributed by atoms with Gasteiger partial charge in [-0.2, -0.15) is 0 Å². The summed E-state index contributed by atoms with van der Waals surface area (Å²) in [5.41, 5.74) is 0.635. The topological polar surface area (TPSA) is 21.3 Å². The van der Waals surface area contributed by atoms with E-state index in [2.05, 4.69) is 19.2 Å². The smallest absolute Gasteiger partial charge is 0.0468 e. The van der Waals surface area contributed by atoms with Crippen molar-refractivity contribution < 1.29 is 4.74 Å². The second-order valence-corrected chi connectivity index (χ2v) is 7.26. The number of rotatable bonds is 9. The van der Waals surface area contributed by atoms with Gasteiger partial charge in [0.15, 0.2) is 0 Å². The molecule has 0 unspecified atom stereocenters. The summed E-state index contributed by atoms with van der Waals surface area (Å²) in [6.45, 7) is 8.07. The molecule has 3 saturated carbocycles. The summed E-state index contributed by atoms with van der Waals surface area (Å²) in [6.07, 6.45) is 9.53. The summed E-state index contributed by atoms with van der Waals surface area (Å²) in [6, 6.07) is 0. The van der Waals surface area contributed by atoms with Crippen LogP contribution in [0.15, 0.2) is 0 Å². The van der Waals surface area contributed by atoms with E-state index in [1.54, 1.807) is 0 Å². The van der Waals surface area contributed by atoms with Gasteiger partial charge >= 0.3 is 0 Å². The van der Waals surface area contributed by atoms with Gasteiger partial charge in [0.05, 0.1) is 0 Å². The van der Waals surface area contributed by atoms with Crippen LogP contribution in [0, 0.1) is 23.2 Å².